The molecule has 2 aromatic carbocycles. The van der Waals surface area contributed by atoms with Crippen LogP contribution in [0.2, 0.25) is 0 Å². The van der Waals surface area contributed by atoms with E-state index in [0.717, 1.165) is 23.4 Å². The topological polar surface area (TPSA) is 88.4 Å². The van der Waals surface area contributed by atoms with Gasteiger partial charge in [-0.1, -0.05) is 30.3 Å². The summed E-state index contributed by atoms with van der Waals surface area (Å²) in [6.07, 6.45) is 1.39. The summed E-state index contributed by atoms with van der Waals surface area (Å²) >= 11 is 0. The lowest BCUT2D eigenvalue weighted by atomic mass is 9.97. The van der Waals surface area contributed by atoms with E-state index in [-0.39, 0.29) is 29.1 Å². The highest BCUT2D eigenvalue weighted by Gasteiger charge is 2.30. The first-order valence-electron chi connectivity index (χ1n) is 11.1. The van der Waals surface area contributed by atoms with Gasteiger partial charge in [0.1, 0.15) is 5.69 Å². The van der Waals surface area contributed by atoms with Gasteiger partial charge in [0.15, 0.2) is 0 Å². The van der Waals surface area contributed by atoms with Crippen molar-refractivity contribution in [3.8, 4) is 5.69 Å². The van der Waals surface area contributed by atoms with E-state index in [1.54, 1.807) is 23.6 Å². The Balaban J connectivity index is 1.47. The normalized spacial score (nSPS) is 15.8. The van der Waals surface area contributed by atoms with Crippen LogP contribution in [0.15, 0.2) is 59.4 Å². The van der Waals surface area contributed by atoms with E-state index in [4.69, 9.17) is 0 Å². The van der Waals surface area contributed by atoms with Crippen LogP contribution in [-0.4, -0.2) is 39.3 Å². The van der Waals surface area contributed by atoms with Crippen LogP contribution in [0, 0.1) is 19.8 Å². The Labute approximate surface area is 192 Å². The van der Waals surface area contributed by atoms with Crippen molar-refractivity contribution in [3.05, 3.63) is 76.2 Å². The van der Waals surface area contributed by atoms with Gasteiger partial charge < -0.3 is 15.5 Å². The van der Waals surface area contributed by atoms with Gasteiger partial charge >= 0.3 is 6.03 Å². The second kappa shape index (κ2) is 9.36. The van der Waals surface area contributed by atoms with Crippen LogP contribution in [0.3, 0.4) is 0 Å². The molecule has 3 amide bonds. The molecule has 8 heteroatoms. The van der Waals surface area contributed by atoms with Gasteiger partial charge in [-0.3, -0.25) is 14.3 Å². The summed E-state index contributed by atoms with van der Waals surface area (Å²) in [6.45, 7) is 4.67. The number of hydrogen-bond acceptors (Lipinski definition) is 3. The summed E-state index contributed by atoms with van der Waals surface area (Å²) in [6, 6.07) is 16.7. The largest absolute Gasteiger partial charge is 0.324 e. The number of carbonyl (C=O) groups is 2. The number of hydrogen-bond donors (Lipinski definition) is 2. The Kier molecular flexibility index (Phi) is 6.35. The van der Waals surface area contributed by atoms with Crippen molar-refractivity contribution < 1.29 is 9.59 Å². The molecule has 0 bridgehead atoms. The molecular formula is C25H29N5O3. The Bertz CT molecular complexity index is 1230. The van der Waals surface area contributed by atoms with Crippen LogP contribution in [-0.2, 0) is 11.8 Å². The third kappa shape index (κ3) is 4.69. The number of anilines is 2. The predicted octanol–water partition coefficient (Wildman–Crippen LogP) is 3.68. The van der Waals surface area contributed by atoms with Crippen LogP contribution in [0.4, 0.5) is 16.2 Å². The lowest BCUT2D eigenvalue weighted by molar-refractivity contribution is -0.121. The fourth-order valence-electron chi connectivity index (χ4n) is 4.24. The number of amides is 3. The fraction of sp³-hybridized carbons (Fsp3) is 0.320. The number of likely N-dealkylation sites (tertiary alicyclic amines) is 1. The number of aryl methyl sites for hydroxylation is 1. The number of aromatic nitrogens is 2. The Morgan fingerprint density at radius 3 is 2.48 bits per heavy atom. The van der Waals surface area contributed by atoms with Gasteiger partial charge in [0, 0.05) is 25.8 Å². The lowest BCUT2D eigenvalue weighted by Gasteiger charge is -2.32. The van der Waals surface area contributed by atoms with Crippen LogP contribution in [0.5, 0.6) is 0 Å². The van der Waals surface area contributed by atoms with E-state index in [0.29, 0.717) is 25.2 Å². The zero-order chi connectivity index (χ0) is 23.5. The van der Waals surface area contributed by atoms with Gasteiger partial charge in [0.25, 0.3) is 5.56 Å². The van der Waals surface area contributed by atoms with Crippen molar-refractivity contribution in [1.29, 1.82) is 0 Å². The molecule has 1 fully saturated rings. The number of nitrogens with one attached hydrogen (secondary N) is 2. The molecule has 0 aliphatic carbocycles. The molecule has 0 saturated carbocycles. The first-order valence-corrected chi connectivity index (χ1v) is 11.1. The number of carbonyl (C=O) groups excluding carboxylic acids is 2. The molecule has 0 radical (unpaired) electrons. The smallest absolute Gasteiger partial charge is 0.321 e. The van der Waals surface area contributed by atoms with Crippen molar-refractivity contribution in [1.82, 2.24) is 14.3 Å². The minimum atomic E-state index is -0.383. The summed E-state index contributed by atoms with van der Waals surface area (Å²) in [7, 11) is 1.79. The third-order valence-electron chi connectivity index (χ3n) is 6.15. The standard InChI is InChI=1S/C25H29N5O3/c1-17-9-7-11-20(15-17)26-25(33)29-14-8-10-19(16-29)23(31)27-22-18(2)28(3)30(24(22)32)21-12-5-4-6-13-21/h4-7,9,11-13,15,19H,8,10,14,16H2,1-3H3,(H,26,33)(H,27,31). The fourth-order valence-corrected chi connectivity index (χ4v) is 4.24. The molecule has 1 aliphatic rings. The molecule has 1 aromatic heterocycles. The van der Waals surface area contributed by atoms with Crippen molar-refractivity contribution in [2.75, 3.05) is 23.7 Å². The molecule has 2 N–H and O–H groups in total. The molecule has 1 atom stereocenters. The maximum atomic E-state index is 13.1. The van der Waals surface area contributed by atoms with Gasteiger partial charge in [-0.15, -0.1) is 0 Å². The second-order valence-corrected chi connectivity index (χ2v) is 8.51. The SMILES string of the molecule is Cc1cccc(NC(=O)N2CCCC(C(=O)Nc3c(C)n(C)n(-c4ccccc4)c3=O)C2)c1. The van der Waals surface area contributed by atoms with Crippen LogP contribution in [0.1, 0.15) is 24.1 Å². The van der Waals surface area contributed by atoms with Crippen LogP contribution >= 0.6 is 0 Å². The van der Waals surface area contributed by atoms with Gasteiger partial charge in [-0.25, -0.2) is 9.48 Å². The van der Waals surface area contributed by atoms with Crippen molar-refractivity contribution in [2.24, 2.45) is 13.0 Å². The highest BCUT2D eigenvalue weighted by atomic mass is 16.2. The average Bonchev–Trinajstić information content (AvgIpc) is 3.02. The Hall–Kier alpha value is -3.81. The van der Waals surface area contributed by atoms with Crippen molar-refractivity contribution >= 4 is 23.3 Å². The number of para-hydroxylation sites is 1. The molecule has 1 unspecified atom stereocenters. The molecule has 33 heavy (non-hydrogen) atoms. The van der Waals surface area contributed by atoms with Gasteiger partial charge in [0.05, 0.1) is 17.3 Å². The maximum Gasteiger partial charge on any atom is 0.321 e. The first kappa shape index (κ1) is 22.4. The highest BCUT2D eigenvalue weighted by molar-refractivity contribution is 5.94. The summed E-state index contributed by atoms with van der Waals surface area (Å²) < 4.78 is 3.27. The summed E-state index contributed by atoms with van der Waals surface area (Å²) in [5.74, 6) is -0.625. The number of urea groups is 1. The molecule has 4 rings (SSSR count). The molecule has 172 valence electrons. The number of rotatable bonds is 4. The zero-order valence-electron chi connectivity index (χ0n) is 19.2. The average molecular weight is 448 g/mol. The van der Waals surface area contributed by atoms with Gasteiger partial charge in [-0.2, -0.15) is 0 Å². The monoisotopic (exact) mass is 447 g/mol. The quantitative estimate of drug-likeness (QED) is 0.640. The molecule has 2 heterocycles. The minimum Gasteiger partial charge on any atom is -0.324 e. The van der Waals surface area contributed by atoms with Crippen molar-refractivity contribution in [2.45, 2.75) is 26.7 Å². The summed E-state index contributed by atoms with van der Waals surface area (Å²) in [5.41, 5.74) is 3.18. The van der Waals surface area contributed by atoms with E-state index in [1.807, 2.05) is 61.5 Å². The van der Waals surface area contributed by atoms with Gasteiger partial charge in [-0.05, 0) is 56.5 Å². The minimum absolute atomic E-state index is 0.222. The Morgan fingerprint density at radius 1 is 1.00 bits per heavy atom. The first-order chi connectivity index (χ1) is 15.8. The second-order valence-electron chi connectivity index (χ2n) is 8.51. The van der Waals surface area contributed by atoms with E-state index >= 15 is 0 Å². The molecule has 1 aliphatic heterocycles. The highest BCUT2D eigenvalue weighted by Crippen LogP contribution is 2.21. The van der Waals surface area contributed by atoms with E-state index in [9.17, 15) is 14.4 Å². The third-order valence-corrected chi connectivity index (χ3v) is 6.15. The zero-order valence-corrected chi connectivity index (χ0v) is 19.2. The lowest BCUT2D eigenvalue weighted by Crippen LogP contribution is -2.45. The van der Waals surface area contributed by atoms with Crippen LogP contribution < -0.4 is 16.2 Å². The van der Waals surface area contributed by atoms with E-state index in [1.165, 1.54) is 4.68 Å². The number of benzene rings is 2. The van der Waals surface area contributed by atoms with Gasteiger partial charge in [0.2, 0.25) is 5.91 Å². The molecule has 1 saturated heterocycles. The molecule has 0 spiro atoms. The molecule has 3 aromatic rings. The molecule has 8 nitrogen and oxygen atoms in total. The summed E-state index contributed by atoms with van der Waals surface area (Å²) in [5, 5.41) is 5.75. The van der Waals surface area contributed by atoms with Crippen LogP contribution in [0.25, 0.3) is 5.69 Å². The number of nitrogens with zero attached hydrogens (tertiary/aromatic N) is 3. The predicted molar refractivity (Wildman–Crippen MR) is 129 cm³/mol. The summed E-state index contributed by atoms with van der Waals surface area (Å²) in [4.78, 5) is 40.6. The number of piperidine rings is 1. The van der Waals surface area contributed by atoms with E-state index < -0.39 is 0 Å². The maximum absolute atomic E-state index is 13.1. The van der Waals surface area contributed by atoms with E-state index in [2.05, 4.69) is 10.6 Å². The Morgan fingerprint density at radius 2 is 1.76 bits per heavy atom. The molecular weight excluding hydrogens is 418 g/mol. The van der Waals surface area contributed by atoms with Crippen molar-refractivity contribution in [3.63, 3.8) is 0 Å².